The number of β-amino-alcohol motifs (C(OH)–C–C–N with tert-alkyl or cyclic N) is 1. The minimum Gasteiger partial charge on any atom is -0.478 e. The van der Waals surface area contributed by atoms with E-state index in [4.69, 9.17) is 4.74 Å². The third kappa shape index (κ3) is 7.56. The second-order valence-electron chi connectivity index (χ2n) is 11.6. The molecule has 2 heterocycles. The standard InChI is InChI=1S/C30H38F3N3O5/c1-18(2)36(28(38)21-8-6-19(3)7-9-21)26-11-10-23(14-24(26)29(39)40)41-27-25(30(31,32)33)13-20(15-34-27)16-35-12-4-5-22(37)17-35/h10-11,13-15,18-19,21-22,37H,4-9,12,16-17H2,1-3H3,(H,39,40). The van der Waals surface area contributed by atoms with Crippen LogP contribution in [0.15, 0.2) is 30.5 Å². The fourth-order valence-electron chi connectivity index (χ4n) is 5.73. The van der Waals surface area contributed by atoms with Crippen molar-refractivity contribution in [3.8, 4) is 11.6 Å². The topological polar surface area (TPSA) is 103 Å². The first-order valence-corrected chi connectivity index (χ1v) is 14.2. The van der Waals surface area contributed by atoms with Crippen molar-refractivity contribution in [2.24, 2.45) is 11.8 Å². The number of likely N-dealkylation sites (tertiary alicyclic amines) is 1. The second-order valence-corrected chi connectivity index (χ2v) is 11.6. The Morgan fingerprint density at radius 1 is 1.15 bits per heavy atom. The summed E-state index contributed by atoms with van der Waals surface area (Å²) in [4.78, 5) is 33.0. The molecule has 11 heteroatoms. The number of hydrogen-bond donors (Lipinski definition) is 2. The number of rotatable bonds is 8. The lowest BCUT2D eigenvalue weighted by molar-refractivity contribution is -0.139. The molecule has 1 aromatic heterocycles. The zero-order valence-electron chi connectivity index (χ0n) is 23.7. The maximum absolute atomic E-state index is 14.0. The van der Waals surface area contributed by atoms with E-state index in [9.17, 15) is 33.0 Å². The third-order valence-electron chi connectivity index (χ3n) is 7.89. The number of amides is 1. The molecule has 0 radical (unpaired) electrons. The molecule has 41 heavy (non-hydrogen) atoms. The van der Waals surface area contributed by atoms with Gasteiger partial charge in [-0.25, -0.2) is 9.78 Å². The molecule has 1 aliphatic heterocycles. The molecule has 0 spiro atoms. The van der Waals surface area contributed by atoms with E-state index in [1.54, 1.807) is 13.8 Å². The van der Waals surface area contributed by atoms with Crippen LogP contribution in [0.4, 0.5) is 18.9 Å². The summed E-state index contributed by atoms with van der Waals surface area (Å²) in [5.74, 6) is -1.99. The molecule has 2 aromatic rings. The largest absolute Gasteiger partial charge is 0.478 e. The van der Waals surface area contributed by atoms with Gasteiger partial charge in [0, 0.05) is 31.2 Å². The first kappa shape index (κ1) is 30.8. The van der Waals surface area contributed by atoms with Gasteiger partial charge in [-0.2, -0.15) is 13.2 Å². The minimum absolute atomic E-state index is 0.140. The van der Waals surface area contributed by atoms with Crippen LogP contribution in [0.2, 0.25) is 0 Å². The first-order valence-electron chi connectivity index (χ1n) is 14.2. The number of anilines is 1. The summed E-state index contributed by atoms with van der Waals surface area (Å²) in [6.07, 6.45) is 0.734. The van der Waals surface area contributed by atoms with Crippen molar-refractivity contribution in [1.82, 2.24) is 9.88 Å². The molecule has 1 aliphatic carbocycles. The van der Waals surface area contributed by atoms with Gasteiger partial charge in [0.15, 0.2) is 0 Å². The molecule has 1 aromatic carbocycles. The molecule has 8 nitrogen and oxygen atoms in total. The van der Waals surface area contributed by atoms with E-state index in [0.29, 0.717) is 31.0 Å². The smallest absolute Gasteiger partial charge is 0.421 e. The van der Waals surface area contributed by atoms with E-state index in [-0.39, 0.29) is 41.4 Å². The van der Waals surface area contributed by atoms with E-state index in [2.05, 4.69) is 11.9 Å². The number of pyridine rings is 1. The minimum atomic E-state index is -4.77. The molecular formula is C30H38F3N3O5. The van der Waals surface area contributed by atoms with Gasteiger partial charge in [-0.1, -0.05) is 6.92 Å². The number of nitrogens with zero attached hydrogens (tertiary/aromatic N) is 3. The summed E-state index contributed by atoms with van der Waals surface area (Å²) in [5.41, 5.74) is -0.836. The Morgan fingerprint density at radius 3 is 2.46 bits per heavy atom. The lowest BCUT2D eigenvalue weighted by Crippen LogP contribution is -2.42. The quantitative estimate of drug-likeness (QED) is 0.390. The van der Waals surface area contributed by atoms with Crippen molar-refractivity contribution < 1.29 is 37.7 Å². The van der Waals surface area contributed by atoms with Gasteiger partial charge in [-0.3, -0.25) is 9.69 Å². The maximum Gasteiger partial charge on any atom is 0.421 e. The van der Waals surface area contributed by atoms with E-state index in [1.165, 1.54) is 23.2 Å². The number of hydrogen-bond acceptors (Lipinski definition) is 6. The summed E-state index contributed by atoms with van der Waals surface area (Å²) in [6, 6.07) is 4.54. The number of aliphatic hydroxyl groups is 1. The van der Waals surface area contributed by atoms with Crippen LogP contribution in [0.3, 0.4) is 0 Å². The highest BCUT2D eigenvalue weighted by atomic mass is 19.4. The number of carbonyl (C=O) groups excluding carboxylic acids is 1. The Balaban J connectivity index is 1.61. The molecular weight excluding hydrogens is 539 g/mol. The molecule has 1 amide bonds. The number of piperidine rings is 1. The number of halogens is 3. The molecule has 0 bridgehead atoms. The van der Waals surface area contributed by atoms with E-state index in [1.807, 2.05) is 4.90 Å². The molecule has 2 N–H and O–H groups in total. The van der Waals surface area contributed by atoms with Gasteiger partial charge >= 0.3 is 12.1 Å². The molecule has 4 rings (SSSR count). The number of ether oxygens (including phenoxy) is 1. The zero-order valence-corrected chi connectivity index (χ0v) is 23.7. The molecule has 224 valence electrons. The SMILES string of the molecule is CC1CCC(C(=O)N(c2ccc(Oc3ncc(CN4CCCC(O)C4)cc3C(F)(F)F)cc2C(=O)O)C(C)C)CC1. The van der Waals surface area contributed by atoms with Crippen LogP contribution in [-0.2, 0) is 17.5 Å². The summed E-state index contributed by atoms with van der Waals surface area (Å²) in [7, 11) is 0. The van der Waals surface area contributed by atoms with Crippen LogP contribution in [0.1, 0.15) is 80.8 Å². The molecule has 2 aliphatic rings. The van der Waals surface area contributed by atoms with Crippen molar-refractivity contribution >= 4 is 17.6 Å². The monoisotopic (exact) mass is 577 g/mol. The van der Waals surface area contributed by atoms with Crippen molar-refractivity contribution in [2.75, 3.05) is 18.0 Å². The Hall–Kier alpha value is -3.18. The van der Waals surface area contributed by atoms with Crippen LogP contribution >= 0.6 is 0 Å². The fourth-order valence-corrected chi connectivity index (χ4v) is 5.73. The summed E-state index contributed by atoms with van der Waals surface area (Å²) >= 11 is 0. The number of aromatic carboxylic acids is 1. The Labute approximate surface area is 238 Å². The van der Waals surface area contributed by atoms with Crippen LogP contribution in [0.25, 0.3) is 0 Å². The second kappa shape index (κ2) is 12.8. The lowest BCUT2D eigenvalue weighted by Gasteiger charge is -2.34. The summed E-state index contributed by atoms with van der Waals surface area (Å²) in [5, 5.41) is 19.9. The number of benzene rings is 1. The Bertz CT molecular complexity index is 1240. The maximum atomic E-state index is 14.0. The predicted molar refractivity (Wildman–Crippen MR) is 147 cm³/mol. The first-order chi connectivity index (χ1) is 19.3. The average Bonchev–Trinajstić information content (AvgIpc) is 2.90. The van der Waals surface area contributed by atoms with E-state index < -0.39 is 29.7 Å². The number of carboxylic acids is 1. The van der Waals surface area contributed by atoms with Crippen molar-refractivity contribution in [1.29, 1.82) is 0 Å². The highest BCUT2D eigenvalue weighted by Gasteiger charge is 2.37. The van der Waals surface area contributed by atoms with Gasteiger partial charge in [0.2, 0.25) is 11.8 Å². The van der Waals surface area contributed by atoms with Gasteiger partial charge in [-0.15, -0.1) is 0 Å². The normalized spacial score (nSPS) is 22.0. The fraction of sp³-hybridized carbons (Fsp3) is 0.567. The number of carbonyl (C=O) groups is 2. The number of aromatic nitrogens is 1. The van der Waals surface area contributed by atoms with Gasteiger partial charge in [0.25, 0.3) is 0 Å². The predicted octanol–water partition coefficient (Wildman–Crippen LogP) is 6.12. The molecule has 2 fully saturated rings. The number of alkyl halides is 3. The van der Waals surface area contributed by atoms with Crippen LogP contribution in [-0.4, -0.2) is 57.2 Å². The van der Waals surface area contributed by atoms with Crippen molar-refractivity contribution in [3.63, 3.8) is 0 Å². The summed E-state index contributed by atoms with van der Waals surface area (Å²) < 4.78 is 47.6. The Kier molecular flexibility index (Phi) is 9.59. The van der Waals surface area contributed by atoms with E-state index in [0.717, 1.165) is 44.2 Å². The highest BCUT2D eigenvalue weighted by Crippen LogP contribution is 2.39. The van der Waals surface area contributed by atoms with Crippen molar-refractivity contribution in [2.45, 2.75) is 84.2 Å². The Morgan fingerprint density at radius 2 is 1.85 bits per heavy atom. The van der Waals surface area contributed by atoms with Crippen molar-refractivity contribution in [3.05, 3.63) is 47.2 Å². The lowest BCUT2D eigenvalue weighted by atomic mass is 9.82. The van der Waals surface area contributed by atoms with Gasteiger partial charge < -0.3 is 19.8 Å². The van der Waals surface area contributed by atoms with Gasteiger partial charge in [0.05, 0.1) is 17.4 Å². The highest BCUT2D eigenvalue weighted by molar-refractivity contribution is 6.03. The molecule has 1 saturated carbocycles. The third-order valence-corrected chi connectivity index (χ3v) is 7.89. The zero-order chi connectivity index (χ0) is 29.9. The van der Waals surface area contributed by atoms with Crippen LogP contribution in [0, 0.1) is 11.8 Å². The van der Waals surface area contributed by atoms with Crippen LogP contribution in [0.5, 0.6) is 11.6 Å². The van der Waals surface area contributed by atoms with Crippen LogP contribution < -0.4 is 9.64 Å². The van der Waals surface area contributed by atoms with E-state index >= 15 is 0 Å². The van der Waals surface area contributed by atoms with Gasteiger partial charge in [0.1, 0.15) is 11.3 Å². The van der Waals surface area contributed by atoms with Gasteiger partial charge in [-0.05, 0) is 94.7 Å². The summed E-state index contributed by atoms with van der Waals surface area (Å²) in [6.45, 7) is 6.98. The molecule has 1 atom stereocenters. The number of aliphatic hydroxyl groups excluding tert-OH is 1. The molecule has 1 unspecified atom stereocenters. The molecule has 1 saturated heterocycles. The average molecular weight is 578 g/mol. The number of carboxylic acid groups (broad SMARTS) is 1.